The second-order valence-corrected chi connectivity index (χ2v) is 5.42. The Hall–Kier alpha value is -1.07. The van der Waals surface area contributed by atoms with Gasteiger partial charge in [0.25, 0.3) is 5.91 Å². The molecule has 3 rings (SSSR count). The lowest BCUT2D eigenvalue weighted by atomic mass is 9.96. The van der Waals surface area contributed by atoms with E-state index in [-0.39, 0.29) is 12.0 Å². The van der Waals surface area contributed by atoms with Gasteiger partial charge in [-0.05, 0) is 24.3 Å². The normalized spacial score (nSPS) is 28.4. The molecular weight excluding hydrogens is 289 g/mol. The van der Waals surface area contributed by atoms with Crippen molar-refractivity contribution in [1.82, 2.24) is 0 Å². The summed E-state index contributed by atoms with van der Waals surface area (Å²) in [5.41, 5.74) is 1.02. The Morgan fingerprint density at radius 2 is 2.16 bits per heavy atom. The van der Waals surface area contributed by atoms with E-state index in [1.165, 1.54) is 0 Å². The van der Waals surface area contributed by atoms with Gasteiger partial charge in [-0.1, -0.05) is 23.2 Å². The molecule has 2 aliphatic rings. The summed E-state index contributed by atoms with van der Waals surface area (Å²) in [5.74, 6) is -0.287. The van der Waals surface area contributed by atoms with Gasteiger partial charge in [0.05, 0.1) is 22.3 Å². The van der Waals surface area contributed by atoms with E-state index in [0.717, 1.165) is 0 Å². The molecule has 2 heterocycles. The van der Waals surface area contributed by atoms with Gasteiger partial charge in [0.2, 0.25) is 0 Å². The molecule has 0 spiro atoms. The van der Waals surface area contributed by atoms with Gasteiger partial charge in [-0.15, -0.1) is 0 Å². The molecule has 2 aliphatic heterocycles. The topological polar surface area (TPSA) is 58.6 Å². The predicted octanol–water partition coefficient (Wildman–Crippen LogP) is 2.39. The van der Waals surface area contributed by atoms with Crippen molar-refractivity contribution in [2.24, 2.45) is 0 Å². The summed E-state index contributed by atoms with van der Waals surface area (Å²) in [4.78, 5) is 12.1. The molecule has 1 amide bonds. The number of hydrogen-bond acceptors (Lipinski definition) is 3. The first kappa shape index (κ1) is 12.9. The minimum atomic E-state index is -0.607. The monoisotopic (exact) mass is 299 g/mol. The maximum absolute atomic E-state index is 12.1. The molecule has 0 radical (unpaired) electrons. The van der Waals surface area contributed by atoms with Crippen molar-refractivity contribution >= 4 is 34.8 Å². The lowest BCUT2D eigenvalue weighted by Gasteiger charge is -2.16. The number of amides is 1. The van der Waals surface area contributed by atoms with Crippen molar-refractivity contribution in [2.75, 3.05) is 5.32 Å². The van der Waals surface area contributed by atoms with E-state index < -0.39 is 12.2 Å². The molecule has 0 aliphatic carbocycles. The number of hydrogen-bond donors (Lipinski definition) is 2. The highest BCUT2D eigenvalue weighted by Gasteiger charge is 2.43. The number of ether oxygens (including phenoxy) is 1. The first-order valence-electron chi connectivity index (χ1n) is 5.86. The van der Waals surface area contributed by atoms with Crippen LogP contribution in [0.1, 0.15) is 6.42 Å². The molecule has 0 saturated carbocycles. The van der Waals surface area contributed by atoms with Gasteiger partial charge in [0.15, 0.2) is 0 Å². The van der Waals surface area contributed by atoms with Gasteiger partial charge in [0.1, 0.15) is 6.10 Å². The largest absolute Gasteiger partial charge is 0.390 e. The van der Waals surface area contributed by atoms with Crippen molar-refractivity contribution in [3.63, 3.8) is 0 Å². The third-order valence-corrected chi connectivity index (χ3v) is 4.00. The van der Waals surface area contributed by atoms with Crippen LogP contribution in [0.4, 0.5) is 5.69 Å². The molecule has 100 valence electrons. The number of fused-ring (bicyclic) bond motifs is 2. The van der Waals surface area contributed by atoms with E-state index in [2.05, 4.69) is 5.32 Å². The minimum absolute atomic E-state index is 0.158. The van der Waals surface area contributed by atoms with E-state index in [9.17, 15) is 9.90 Å². The van der Waals surface area contributed by atoms with Crippen LogP contribution in [0.25, 0.3) is 0 Å². The molecule has 3 atom stereocenters. The Morgan fingerprint density at radius 1 is 1.37 bits per heavy atom. The standard InChI is InChI=1S/C13H11Cl2NO3/c14-9-2-1-6(3-10(9)15)16-13(18)8-4-7-5-11(17)12(8)19-7/h1-4,7,11-12,17H,5H2,(H,16,18)/t7-,11-,12+/m1/s1. The second-order valence-electron chi connectivity index (χ2n) is 4.60. The van der Waals surface area contributed by atoms with E-state index in [4.69, 9.17) is 27.9 Å². The fourth-order valence-corrected chi connectivity index (χ4v) is 2.66. The zero-order chi connectivity index (χ0) is 13.6. The number of halogens is 2. The summed E-state index contributed by atoms with van der Waals surface area (Å²) in [7, 11) is 0. The molecule has 2 bridgehead atoms. The average Bonchev–Trinajstić information content (AvgIpc) is 2.92. The van der Waals surface area contributed by atoms with Crippen LogP contribution in [0.2, 0.25) is 10.0 Å². The van der Waals surface area contributed by atoms with E-state index >= 15 is 0 Å². The number of carbonyl (C=O) groups excluding carboxylic acids is 1. The van der Waals surface area contributed by atoms with Crippen molar-refractivity contribution in [3.8, 4) is 0 Å². The summed E-state index contributed by atoms with van der Waals surface area (Å²) in [5, 5.41) is 13.2. The SMILES string of the molecule is O=C(Nc1ccc(Cl)c(Cl)c1)C1=C[C@@H]2C[C@@H](O)[C@H]1O2. The predicted molar refractivity (Wildman–Crippen MR) is 72.5 cm³/mol. The highest BCUT2D eigenvalue weighted by Crippen LogP contribution is 2.34. The Balaban J connectivity index is 1.75. The van der Waals surface area contributed by atoms with Gasteiger partial charge < -0.3 is 15.2 Å². The highest BCUT2D eigenvalue weighted by molar-refractivity contribution is 6.42. The summed E-state index contributed by atoms with van der Waals surface area (Å²) < 4.78 is 5.45. The van der Waals surface area contributed by atoms with Crippen LogP contribution in [0.15, 0.2) is 29.8 Å². The first-order chi connectivity index (χ1) is 9.04. The highest BCUT2D eigenvalue weighted by atomic mass is 35.5. The Kier molecular flexibility index (Phi) is 3.27. The number of aliphatic hydroxyl groups is 1. The molecule has 19 heavy (non-hydrogen) atoms. The lowest BCUT2D eigenvalue weighted by molar-refractivity contribution is -0.114. The molecule has 0 unspecified atom stereocenters. The maximum Gasteiger partial charge on any atom is 0.254 e. The average molecular weight is 300 g/mol. The van der Waals surface area contributed by atoms with Crippen molar-refractivity contribution < 1.29 is 14.6 Å². The van der Waals surface area contributed by atoms with E-state index in [1.807, 2.05) is 0 Å². The van der Waals surface area contributed by atoms with Crippen LogP contribution in [0.5, 0.6) is 0 Å². The molecule has 1 aromatic carbocycles. The molecule has 0 aromatic heterocycles. The quantitative estimate of drug-likeness (QED) is 0.881. The van der Waals surface area contributed by atoms with Crippen molar-refractivity contribution in [2.45, 2.75) is 24.7 Å². The second kappa shape index (κ2) is 4.80. The Morgan fingerprint density at radius 3 is 2.79 bits per heavy atom. The number of aliphatic hydroxyl groups excluding tert-OH is 1. The zero-order valence-electron chi connectivity index (χ0n) is 9.77. The van der Waals surface area contributed by atoms with Crippen molar-refractivity contribution in [3.05, 3.63) is 39.9 Å². The fourth-order valence-electron chi connectivity index (χ4n) is 2.36. The summed E-state index contributed by atoms with van der Waals surface area (Å²) in [6.45, 7) is 0. The van der Waals surface area contributed by atoms with Gasteiger partial charge in [-0.3, -0.25) is 4.79 Å². The number of benzene rings is 1. The van der Waals surface area contributed by atoms with Crippen LogP contribution in [-0.4, -0.2) is 29.3 Å². The lowest BCUT2D eigenvalue weighted by Crippen LogP contribution is -2.30. The minimum Gasteiger partial charge on any atom is -0.390 e. The molecule has 4 nitrogen and oxygen atoms in total. The molecule has 6 heteroatoms. The van der Waals surface area contributed by atoms with Crippen LogP contribution in [-0.2, 0) is 9.53 Å². The van der Waals surface area contributed by atoms with Gasteiger partial charge in [0, 0.05) is 17.7 Å². The Labute approximate surface area is 120 Å². The number of anilines is 1. The van der Waals surface area contributed by atoms with Crippen LogP contribution < -0.4 is 5.32 Å². The Bertz CT molecular complexity index is 573. The van der Waals surface area contributed by atoms with Gasteiger partial charge >= 0.3 is 0 Å². The van der Waals surface area contributed by atoms with Crippen LogP contribution in [0.3, 0.4) is 0 Å². The third-order valence-electron chi connectivity index (χ3n) is 3.26. The number of carbonyl (C=O) groups is 1. The summed E-state index contributed by atoms with van der Waals surface area (Å²) in [6, 6.07) is 4.85. The molecule has 2 N–H and O–H groups in total. The molecule has 1 saturated heterocycles. The van der Waals surface area contributed by atoms with E-state index in [0.29, 0.717) is 27.7 Å². The van der Waals surface area contributed by atoms with Crippen LogP contribution >= 0.6 is 23.2 Å². The first-order valence-corrected chi connectivity index (χ1v) is 6.62. The summed E-state index contributed by atoms with van der Waals surface area (Å²) >= 11 is 11.7. The zero-order valence-corrected chi connectivity index (χ0v) is 11.3. The third kappa shape index (κ3) is 2.37. The maximum atomic E-state index is 12.1. The fraction of sp³-hybridized carbons (Fsp3) is 0.308. The molecular formula is C13H11Cl2NO3. The van der Waals surface area contributed by atoms with Crippen LogP contribution in [0, 0.1) is 0 Å². The number of nitrogens with one attached hydrogen (secondary N) is 1. The smallest absolute Gasteiger partial charge is 0.254 e. The van der Waals surface area contributed by atoms with Gasteiger partial charge in [-0.25, -0.2) is 0 Å². The molecule has 1 fully saturated rings. The van der Waals surface area contributed by atoms with Crippen molar-refractivity contribution in [1.29, 1.82) is 0 Å². The van der Waals surface area contributed by atoms with Gasteiger partial charge in [-0.2, -0.15) is 0 Å². The number of rotatable bonds is 2. The summed E-state index contributed by atoms with van der Waals surface area (Å²) in [6.07, 6.45) is 1.02. The van der Waals surface area contributed by atoms with E-state index in [1.54, 1.807) is 24.3 Å². The molecule has 1 aromatic rings.